The van der Waals surface area contributed by atoms with Gasteiger partial charge in [-0.15, -0.1) is 0 Å². The molecule has 8 nitrogen and oxygen atoms in total. The SMILES string of the molecule is Cc1noc(C)c1CCC(=O)NN1C(=O)NC(c2ccccc2)(c2ccccc2)C1=O. The van der Waals surface area contributed by atoms with Gasteiger partial charge in [0.15, 0.2) is 5.54 Å². The van der Waals surface area contributed by atoms with Gasteiger partial charge in [0.2, 0.25) is 5.91 Å². The summed E-state index contributed by atoms with van der Waals surface area (Å²) in [5.74, 6) is -0.381. The first kappa shape index (κ1) is 20.3. The van der Waals surface area contributed by atoms with E-state index in [1.54, 1.807) is 62.4 Å². The lowest BCUT2D eigenvalue weighted by Crippen LogP contribution is -2.49. The van der Waals surface area contributed by atoms with Crippen molar-refractivity contribution in [2.24, 2.45) is 0 Å². The van der Waals surface area contributed by atoms with Crippen molar-refractivity contribution in [3.8, 4) is 0 Å². The molecule has 8 heteroatoms. The molecule has 31 heavy (non-hydrogen) atoms. The van der Waals surface area contributed by atoms with E-state index >= 15 is 0 Å². The van der Waals surface area contributed by atoms with Crippen LogP contribution in [0.3, 0.4) is 0 Å². The number of aryl methyl sites for hydroxylation is 2. The maximum atomic E-state index is 13.5. The molecule has 1 fully saturated rings. The Bertz CT molecular complexity index is 1070. The Hall–Kier alpha value is -3.94. The number of benzene rings is 2. The van der Waals surface area contributed by atoms with E-state index in [-0.39, 0.29) is 6.42 Å². The minimum atomic E-state index is -1.42. The molecule has 0 bridgehead atoms. The summed E-state index contributed by atoms with van der Waals surface area (Å²) < 4.78 is 5.11. The predicted octanol–water partition coefficient (Wildman–Crippen LogP) is 2.75. The quantitative estimate of drug-likeness (QED) is 0.599. The van der Waals surface area contributed by atoms with Gasteiger partial charge < -0.3 is 9.84 Å². The van der Waals surface area contributed by atoms with Crippen molar-refractivity contribution >= 4 is 17.8 Å². The van der Waals surface area contributed by atoms with Crippen LogP contribution in [0.2, 0.25) is 0 Å². The number of hydrogen-bond acceptors (Lipinski definition) is 5. The fraction of sp³-hybridized carbons (Fsp3) is 0.217. The molecule has 0 radical (unpaired) electrons. The summed E-state index contributed by atoms with van der Waals surface area (Å²) in [5, 5.41) is 7.42. The van der Waals surface area contributed by atoms with Crippen molar-refractivity contribution in [3.63, 3.8) is 0 Å². The van der Waals surface area contributed by atoms with Crippen molar-refractivity contribution in [1.82, 2.24) is 20.9 Å². The molecule has 0 saturated carbocycles. The second-order valence-electron chi connectivity index (χ2n) is 7.39. The first-order valence-electron chi connectivity index (χ1n) is 9.92. The third kappa shape index (κ3) is 3.56. The highest BCUT2D eigenvalue weighted by Gasteiger charge is 2.54. The molecule has 0 atom stereocenters. The highest BCUT2D eigenvalue weighted by atomic mass is 16.5. The summed E-state index contributed by atoms with van der Waals surface area (Å²) in [7, 11) is 0. The third-order valence-electron chi connectivity index (χ3n) is 5.45. The van der Waals surface area contributed by atoms with Gasteiger partial charge in [0.25, 0.3) is 5.91 Å². The van der Waals surface area contributed by atoms with Gasteiger partial charge in [-0.05, 0) is 31.4 Å². The van der Waals surface area contributed by atoms with Crippen molar-refractivity contribution in [2.75, 3.05) is 0 Å². The van der Waals surface area contributed by atoms with E-state index < -0.39 is 23.4 Å². The minimum absolute atomic E-state index is 0.0730. The van der Waals surface area contributed by atoms with Crippen molar-refractivity contribution in [2.45, 2.75) is 32.2 Å². The maximum absolute atomic E-state index is 13.5. The summed E-state index contributed by atoms with van der Waals surface area (Å²) in [6.45, 7) is 3.58. The van der Waals surface area contributed by atoms with Crippen LogP contribution in [-0.2, 0) is 21.5 Å². The molecule has 0 unspecified atom stereocenters. The zero-order valence-electron chi connectivity index (χ0n) is 17.2. The van der Waals surface area contributed by atoms with E-state index in [4.69, 9.17) is 4.52 Å². The summed E-state index contributed by atoms with van der Waals surface area (Å²) in [4.78, 5) is 38.9. The van der Waals surface area contributed by atoms with Crippen LogP contribution in [0.15, 0.2) is 65.2 Å². The molecule has 158 valence electrons. The van der Waals surface area contributed by atoms with Crippen LogP contribution < -0.4 is 10.7 Å². The van der Waals surface area contributed by atoms with Crippen LogP contribution in [0.4, 0.5) is 4.79 Å². The molecule has 4 rings (SSSR count). The van der Waals surface area contributed by atoms with E-state index in [2.05, 4.69) is 15.9 Å². The zero-order valence-corrected chi connectivity index (χ0v) is 17.2. The van der Waals surface area contributed by atoms with Gasteiger partial charge >= 0.3 is 6.03 Å². The molecule has 1 aliphatic rings. The van der Waals surface area contributed by atoms with Crippen molar-refractivity contribution < 1.29 is 18.9 Å². The molecule has 2 N–H and O–H groups in total. The average Bonchev–Trinajstić information content (AvgIpc) is 3.24. The normalized spacial score (nSPS) is 15.1. The zero-order chi connectivity index (χ0) is 22.0. The number of rotatable bonds is 6. The first-order valence-corrected chi connectivity index (χ1v) is 9.92. The molecule has 0 aliphatic carbocycles. The van der Waals surface area contributed by atoms with Gasteiger partial charge in [0.1, 0.15) is 5.76 Å². The summed E-state index contributed by atoms with van der Waals surface area (Å²) in [6.07, 6.45) is 0.461. The molecule has 1 saturated heterocycles. The summed E-state index contributed by atoms with van der Waals surface area (Å²) in [5.41, 5.74) is 3.80. The Morgan fingerprint density at radius 3 is 2.13 bits per heavy atom. The predicted molar refractivity (Wildman–Crippen MR) is 111 cm³/mol. The number of carbonyl (C=O) groups is 3. The van der Waals surface area contributed by atoms with E-state index in [0.717, 1.165) is 10.6 Å². The van der Waals surface area contributed by atoms with Gasteiger partial charge in [-0.3, -0.25) is 15.0 Å². The first-order chi connectivity index (χ1) is 14.9. The second kappa shape index (κ2) is 8.06. The summed E-state index contributed by atoms with van der Waals surface area (Å²) in [6, 6.07) is 17.2. The third-order valence-corrected chi connectivity index (χ3v) is 5.45. The Balaban J connectivity index is 1.58. The van der Waals surface area contributed by atoms with Gasteiger partial charge in [-0.25, -0.2) is 4.79 Å². The van der Waals surface area contributed by atoms with Gasteiger partial charge in [-0.2, -0.15) is 5.01 Å². The monoisotopic (exact) mass is 418 g/mol. The fourth-order valence-corrected chi connectivity index (χ4v) is 3.84. The van der Waals surface area contributed by atoms with Gasteiger partial charge in [0.05, 0.1) is 5.69 Å². The van der Waals surface area contributed by atoms with Crippen LogP contribution in [0.5, 0.6) is 0 Å². The van der Waals surface area contributed by atoms with Crippen molar-refractivity contribution in [3.05, 3.63) is 88.8 Å². The second-order valence-corrected chi connectivity index (χ2v) is 7.39. The Morgan fingerprint density at radius 2 is 1.61 bits per heavy atom. The lowest BCUT2D eigenvalue weighted by atomic mass is 9.83. The van der Waals surface area contributed by atoms with Crippen molar-refractivity contribution in [1.29, 1.82) is 0 Å². The number of nitrogens with one attached hydrogen (secondary N) is 2. The molecule has 1 aromatic heterocycles. The fourth-order valence-electron chi connectivity index (χ4n) is 3.84. The Kier molecular flexibility index (Phi) is 5.29. The van der Waals surface area contributed by atoms with Crippen LogP contribution in [-0.4, -0.2) is 28.0 Å². The number of urea groups is 1. The molecule has 0 spiro atoms. The van der Waals surface area contributed by atoms with Crippen LogP contribution in [0, 0.1) is 13.8 Å². The van der Waals surface area contributed by atoms with Crippen LogP contribution >= 0.6 is 0 Å². The number of hydrogen-bond donors (Lipinski definition) is 2. The molecular weight excluding hydrogens is 396 g/mol. The average molecular weight is 418 g/mol. The molecule has 1 aliphatic heterocycles. The molecule has 2 aromatic carbocycles. The lowest BCUT2D eigenvalue weighted by Gasteiger charge is -2.27. The van der Waals surface area contributed by atoms with Gasteiger partial charge in [-0.1, -0.05) is 65.8 Å². The van der Waals surface area contributed by atoms with E-state index in [9.17, 15) is 14.4 Å². The molecule has 4 amide bonds. The summed E-state index contributed by atoms with van der Waals surface area (Å²) >= 11 is 0. The number of amides is 4. The molecular formula is C23H22N4O4. The number of hydrazine groups is 1. The number of imide groups is 1. The van der Waals surface area contributed by atoms with Crippen LogP contribution in [0.1, 0.15) is 34.6 Å². The minimum Gasteiger partial charge on any atom is -0.361 e. The van der Waals surface area contributed by atoms with E-state index in [1.165, 1.54) is 0 Å². The topological polar surface area (TPSA) is 105 Å². The number of aromatic nitrogens is 1. The standard InChI is InChI=1S/C23H22N4O4/c1-15-19(16(2)31-26-15)13-14-20(28)25-27-21(29)23(24-22(27)30,17-9-5-3-6-10-17)18-11-7-4-8-12-18/h3-12H,13-14H2,1-2H3,(H,24,30)(H,25,28). The largest absolute Gasteiger partial charge is 0.361 e. The van der Waals surface area contributed by atoms with E-state index in [1.807, 2.05) is 12.1 Å². The highest BCUT2D eigenvalue weighted by Crippen LogP contribution is 2.35. The maximum Gasteiger partial charge on any atom is 0.344 e. The highest BCUT2D eigenvalue weighted by molar-refractivity contribution is 6.10. The Labute approximate surface area is 179 Å². The molecule has 2 heterocycles. The Morgan fingerprint density at radius 1 is 1.03 bits per heavy atom. The lowest BCUT2D eigenvalue weighted by molar-refractivity contribution is -0.138. The molecule has 3 aromatic rings. The number of nitrogens with zero attached hydrogens (tertiary/aromatic N) is 2. The smallest absolute Gasteiger partial charge is 0.344 e. The van der Waals surface area contributed by atoms with Gasteiger partial charge in [0, 0.05) is 12.0 Å². The van der Waals surface area contributed by atoms with Crippen LogP contribution in [0.25, 0.3) is 0 Å². The van der Waals surface area contributed by atoms with E-state index in [0.29, 0.717) is 29.0 Å². The number of carbonyl (C=O) groups excluding carboxylic acids is 3.